The molecule has 0 saturated heterocycles. The van der Waals surface area contributed by atoms with Gasteiger partial charge in [-0.1, -0.05) is 37.6 Å². The van der Waals surface area contributed by atoms with Crippen LogP contribution in [-0.2, 0) is 9.63 Å². The number of carbonyl (C=O) groups is 1. The molecular weight excluding hydrogens is 281 g/mol. The van der Waals surface area contributed by atoms with E-state index in [-0.39, 0.29) is 17.9 Å². The third-order valence-electron chi connectivity index (χ3n) is 2.32. The topological polar surface area (TPSA) is 38.7 Å². The molecule has 0 radical (unpaired) electrons. The Labute approximate surface area is 100 Å². The Kier molecular flexibility index (Phi) is 3.06. The Bertz CT molecular complexity index is 427. The number of rotatable bonds is 4. The van der Waals surface area contributed by atoms with Gasteiger partial charge in [0.2, 0.25) is 0 Å². The predicted molar refractivity (Wildman–Crippen MR) is 59.0 cm³/mol. The first kappa shape index (κ1) is 14.9. The molecule has 106 valence electrons. The van der Waals surface area contributed by atoms with Gasteiger partial charge in [0.25, 0.3) is 0 Å². The summed E-state index contributed by atoms with van der Waals surface area (Å²) in [5.41, 5.74) is 0.0904. The van der Waals surface area contributed by atoms with Crippen LogP contribution in [0.2, 0.25) is 0 Å². The van der Waals surface area contributed by atoms with Gasteiger partial charge in [0, 0.05) is 19.3 Å². The van der Waals surface area contributed by atoms with Crippen molar-refractivity contribution in [2.24, 2.45) is 11.1 Å². The van der Waals surface area contributed by atoms with Gasteiger partial charge in [0.15, 0.2) is 5.78 Å². The van der Waals surface area contributed by atoms with Crippen LogP contribution >= 0.6 is 10.2 Å². The van der Waals surface area contributed by atoms with E-state index in [9.17, 15) is 24.2 Å². The van der Waals surface area contributed by atoms with E-state index >= 15 is 0 Å². The summed E-state index contributed by atoms with van der Waals surface area (Å²) in [4.78, 5) is 15.6. The fourth-order valence-corrected chi connectivity index (χ4v) is 1.83. The number of ketones is 1. The molecule has 0 saturated carbocycles. The number of carbonyl (C=O) groups excluding carboxylic acids is 1. The van der Waals surface area contributed by atoms with E-state index in [0.29, 0.717) is 6.08 Å². The summed E-state index contributed by atoms with van der Waals surface area (Å²) in [6, 6.07) is 0. The minimum absolute atomic E-state index is 0.0150. The van der Waals surface area contributed by atoms with E-state index in [1.54, 1.807) is 0 Å². The van der Waals surface area contributed by atoms with Crippen LogP contribution in [-0.4, -0.2) is 17.6 Å². The molecule has 18 heavy (non-hydrogen) atoms. The lowest BCUT2D eigenvalue weighted by atomic mass is 9.99. The van der Waals surface area contributed by atoms with Gasteiger partial charge in [-0.25, -0.2) is 0 Å². The molecule has 0 aromatic rings. The maximum atomic E-state index is 12.1. The highest BCUT2D eigenvalue weighted by Gasteiger charge is 2.60. The number of oxime groups is 1. The van der Waals surface area contributed by atoms with Crippen molar-refractivity contribution < 1.29 is 29.1 Å². The average Bonchev–Trinajstić information content (AvgIpc) is 2.59. The van der Waals surface area contributed by atoms with Gasteiger partial charge >= 0.3 is 10.2 Å². The van der Waals surface area contributed by atoms with Gasteiger partial charge in [0.1, 0.15) is 11.8 Å². The highest BCUT2D eigenvalue weighted by molar-refractivity contribution is 8.48. The van der Waals surface area contributed by atoms with Gasteiger partial charge in [-0.3, -0.25) is 4.79 Å². The van der Waals surface area contributed by atoms with Gasteiger partial charge in [-0.2, -0.15) is 0 Å². The van der Waals surface area contributed by atoms with Crippen LogP contribution in [0, 0.1) is 5.92 Å². The van der Waals surface area contributed by atoms with E-state index in [1.807, 2.05) is 0 Å². The van der Waals surface area contributed by atoms with Crippen molar-refractivity contribution in [2.45, 2.75) is 26.4 Å². The number of halogens is 5. The van der Waals surface area contributed by atoms with E-state index < -0.39 is 27.7 Å². The van der Waals surface area contributed by atoms with Crippen molar-refractivity contribution in [3.8, 4) is 0 Å². The van der Waals surface area contributed by atoms with Crippen molar-refractivity contribution in [3.05, 3.63) is 11.5 Å². The van der Waals surface area contributed by atoms with Crippen molar-refractivity contribution in [1.82, 2.24) is 0 Å². The van der Waals surface area contributed by atoms with Crippen LogP contribution in [0.15, 0.2) is 16.6 Å². The van der Waals surface area contributed by atoms with Gasteiger partial charge in [-0.05, 0) is 0 Å². The third-order valence-corrected chi connectivity index (χ3v) is 3.00. The Morgan fingerprint density at radius 3 is 2.39 bits per heavy atom. The molecule has 1 aliphatic rings. The molecule has 0 fully saturated rings. The fourth-order valence-electron chi connectivity index (χ4n) is 1.28. The summed E-state index contributed by atoms with van der Waals surface area (Å²) in [6.07, 6.45) is -0.480. The van der Waals surface area contributed by atoms with Crippen LogP contribution in [0.3, 0.4) is 0 Å². The summed E-state index contributed by atoms with van der Waals surface area (Å²) in [6.45, 7) is 2.52. The number of hydrogen-bond donors (Lipinski definition) is 0. The zero-order valence-electron chi connectivity index (χ0n) is 9.58. The maximum Gasteiger partial charge on any atom is 0.304 e. The Hall–Kier alpha value is -1.12. The van der Waals surface area contributed by atoms with Crippen molar-refractivity contribution in [2.75, 3.05) is 0 Å². The molecule has 0 amide bonds. The molecule has 1 rings (SSSR count). The average molecular weight is 293 g/mol. The minimum Gasteiger partial charge on any atom is -0.391 e. The maximum absolute atomic E-state index is 12.1. The Balaban J connectivity index is 2.69. The number of hydrogen-bond acceptors (Lipinski definition) is 3. The van der Waals surface area contributed by atoms with E-state index in [0.717, 1.165) is 0 Å². The molecule has 9 heteroatoms. The first-order chi connectivity index (χ1) is 7.77. The summed E-state index contributed by atoms with van der Waals surface area (Å²) >= 11 is 0. The van der Waals surface area contributed by atoms with Gasteiger partial charge in [0.05, 0.1) is 5.41 Å². The molecule has 0 aromatic carbocycles. The quantitative estimate of drug-likeness (QED) is 0.730. The summed E-state index contributed by atoms with van der Waals surface area (Å²) < 4.78 is 60.3. The molecule has 1 aliphatic heterocycles. The molecular formula is C9H12F5NO2S. The fraction of sp³-hybridized carbons (Fsp3) is 0.556. The minimum atomic E-state index is -9.54. The molecule has 0 aliphatic carbocycles. The summed E-state index contributed by atoms with van der Waals surface area (Å²) in [5.74, 6) is -1.30. The van der Waals surface area contributed by atoms with Crippen LogP contribution in [0.1, 0.15) is 20.3 Å². The predicted octanol–water partition coefficient (Wildman–Crippen LogP) is 4.17. The molecule has 0 aromatic heterocycles. The second-order valence-electron chi connectivity index (χ2n) is 4.16. The van der Waals surface area contributed by atoms with Crippen molar-refractivity contribution in [1.29, 1.82) is 0 Å². The monoisotopic (exact) mass is 293 g/mol. The highest BCUT2D eigenvalue weighted by atomic mass is 32.5. The second-order valence-corrected chi connectivity index (χ2v) is 6.49. The van der Waals surface area contributed by atoms with E-state index in [2.05, 4.69) is 5.16 Å². The third kappa shape index (κ3) is 5.03. The first-order valence-electron chi connectivity index (χ1n) is 4.94. The molecule has 0 spiro atoms. The SMILES string of the molecule is CC(=O)C1=NOC(C(C)/C=C/S(F)(F)(F)(F)F)C1. The zero-order chi connectivity index (χ0) is 14.3. The van der Waals surface area contributed by atoms with Gasteiger partial charge < -0.3 is 4.84 Å². The number of nitrogens with zero attached hydrogens (tertiary/aromatic N) is 1. The molecule has 0 bridgehead atoms. The van der Waals surface area contributed by atoms with Crippen molar-refractivity contribution >= 4 is 21.7 Å². The Morgan fingerprint density at radius 1 is 1.44 bits per heavy atom. The largest absolute Gasteiger partial charge is 0.391 e. The second kappa shape index (κ2) is 3.69. The van der Waals surface area contributed by atoms with Crippen LogP contribution < -0.4 is 0 Å². The van der Waals surface area contributed by atoms with Crippen LogP contribution in [0.25, 0.3) is 0 Å². The summed E-state index contributed by atoms with van der Waals surface area (Å²) in [5, 5.41) is 2.39. The normalized spacial score (nSPS) is 26.2. The first-order valence-corrected chi connectivity index (χ1v) is 6.96. The lowest BCUT2D eigenvalue weighted by Gasteiger charge is -2.37. The van der Waals surface area contributed by atoms with Crippen molar-refractivity contribution in [3.63, 3.8) is 0 Å². The van der Waals surface area contributed by atoms with Crippen LogP contribution in [0.5, 0.6) is 0 Å². The molecule has 3 nitrogen and oxygen atoms in total. The zero-order valence-corrected chi connectivity index (χ0v) is 10.4. The smallest absolute Gasteiger partial charge is 0.304 e. The molecule has 1 heterocycles. The Morgan fingerprint density at radius 2 is 2.00 bits per heavy atom. The lowest BCUT2D eigenvalue weighted by molar-refractivity contribution is -0.111. The summed E-state index contributed by atoms with van der Waals surface area (Å²) in [7, 11) is -9.54. The molecule has 0 N–H and O–H groups in total. The van der Waals surface area contributed by atoms with E-state index in [4.69, 9.17) is 4.84 Å². The van der Waals surface area contributed by atoms with E-state index in [1.165, 1.54) is 13.8 Å². The lowest BCUT2D eigenvalue weighted by Crippen LogP contribution is -2.19. The number of Topliss-reactive ketones (excluding diaryl/α,β-unsaturated/α-hetero) is 1. The van der Waals surface area contributed by atoms with Crippen LogP contribution in [0.4, 0.5) is 19.4 Å². The highest BCUT2D eigenvalue weighted by Crippen LogP contribution is 2.99. The molecule has 2 atom stereocenters. The van der Waals surface area contributed by atoms with Gasteiger partial charge in [-0.15, -0.1) is 0 Å². The molecule has 2 unspecified atom stereocenters. The standard InChI is InChI=1S/C9H12F5NO2S/c1-6(3-4-18(10,11,12,13)14)9-5-8(7(2)16)15-17-9/h3-4,6,9H,5H2,1-2H3/b4-3+.